The minimum absolute atomic E-state index is 0.164. The minimum atomic E-state index is -3.24. The van der Waals surface area contributed by atoms with Crippen LogP contribution in [0.15, 0.2) is 41.6 Å². The molecule has 88 valence electrons. The molecule has 1 heterocycles. The minimum Gasteiger partial charge on any atom is -0.298 e. The van der Waals surface area contributed by atoms with Crippen LogP contribution in [0.25, 0.3) is 5.69 Å². The number of carbonyl (C=O) groups excluding carboxylic acids is 1. The van der Waals surface area contributed by atoms with Crippen molar-refractivity contribution in [3.05, 3.63) is 42.2 Å². The van der Waals surface area contributed by atoms with E-state index in [-0.39, 0.29) is 4.90 Å². The Morgan fingerprint density at radius 3 is 2.35 bits per heavy atom. The Hall–Kier alpha value is -1.95. The second-order valence-corrected chi connectivity index (χ2v) is 5.62. The van der Waals surface area contributed by atoms with E-state index >= 15 is 0 Å². The Labute approximate surface area is 98.6 Å². The number of aldehydes is 1. The van der Waals surface area contributed by atoms with Gasteiger partial charge in [0, 0.05) is 18.0 Å². The van der Waals surface area contributed by atoms with Gasteiger partial charge in [0.2, 0.25) is 0 Å². The van der Waals surface area contributed by atoms with E-state index in [2.05, 4.69) is 5.10 Å². The van der Waals surface area contributed by atoms with E-state index in [1.54, 1.807) is 24.3 Å². The lowest BCUT2D eigenvalue weighted by Gasteiger charge is -2.00. The summed E-state index contributed by atoms with van der Waals surface area (Å²) in [5, 5.41) is 3.96. The van der Waals surface area contributed by atoms with Crippen molar-refractivity contribution in [2.45, 2.75) is 4.90 Å². The molecule has 1 aromatic heterocycles. The predicted octanol–water partition coefficient (Wildman–Crippen LogP) is 1.09. The van der Waals surface area contributed by atoms with Gasteiger partial charge in [-0.3, -0.25) is 4.79 Å². The maximum atomic E-state index is 11.3. The van der Waals surface area contributed by atoms with Crippen LogP contribution < -0.4 is 0 Å². The maximum Gasteiger partial charge on any atom is 0.178 e. The lowest BCUT2D eigenvalue weighted by molar-refractivity contribution is 0.112. The van der Waals surface area contributed by atoms with Crippen molar-refractivity contribution in [1.29, 1.82) is 0 Å². The summed E-state index contributed by atoms with van der Waals surface area (Å²) < 4.78 is 24.0. The van der Waals surface area contributed by atoms with Crippen LogP contribution in [0.5, 0.6) is 0 Å². The van der Waals surface area contributed by atoms with Gasteiger partial charge in [-0.1, -0.05) is 0 Å². The Bertz CT molecular complexity index is 642. The van der Waals surface area contributed by atoms with E-state index in [0.29, 0.717) is 11.3 Å². The van der Waals surface area contributed by atoms with E-state index in [4.69, 9.17) is 0 Å². The zero-order valence-electron chi connectivity index (χ0n) is 9.07. The van der Waals surface area contributed by atoms with Crippen molar-refractivity contribution in [3.63, 3.8) is 0 Å². The van der Waals surface area contributed by atoms with Crippen molar-refractivity contribution in [2.24, 2.45) is 0 Å². The average molecular weight is 250 g/mol. The number of carbonyl (C=O) groups is 1. The Balaban J connectivity index is 2.40. The zero-order valence-corrected chi connectivity index (χ0v) is 9.89. The Morgan fingerprint density at radius 2 is 1.88 bits per heavy atom. The standard InChI is InChI=1S/C11H10N2O3S/c1-17(15,16)11-6-12-13(7-11)10-4-2-9(8-14)3-5-10/h2-8H,1H3. The van der Waals surface area contributed by atoms with Crippen LogP contribution in [0.4, 0.5) is 0 Å². The summed E-state index contributed by atoms with van der Waals surface area (Å²) in [5.41, 5.74) is 1.26. The molecule has 0 amide bonds. The number of aromatic nitrogens is 2. The molecule has 0 aliphatic rings. The molecule has 0 fully saturated rings. The fraction of sp³-hybridized carbons (Fsp3) is 0.0909. The molecule has 0 saturated heterocycles. The normalized spacial score (nSPS) is 11.4. The number of benzene rings is 1. The van der Waals surface area contributed by atoms with Gasteiger partial charge in [0.25, 0.3) is 0 Å². The first-order valence-corrected chi connectivity index (χ1v) is 6.70. The molecule has 0 radical (unpaired) electrons. The number of rotatable bonds is 3. The van der Waals surface area contributed by atoms with E-state index in [0.717, 1.165) is 12.5 Å². The second kappa shape index (κ2) is 4.14. The smallest absolute Gasteiger partial charge is 0.178 e. The summed E-state index contributed by atoms with van der Waals surface area (Å²) in [6, 6.07) is 6.68. The molecule has 6 heteroatoms. The number of nitrogens with zero attached hydrogens (tertiary/aromatic N) is 2. The van der Waals surface area contributed by atoms with Crippen LogP contribution >= 0.6 is 0 Å². The first-order chi connectivity index (χ1) is 8.00. The van der Waals surface area contributed by atoms with Crippen LogP contribution in [-0.4, -0.2) is 30.7 Å². The van der Waals surface area contributed by atoms with Crippen LogP contribution in [0, 0.1) is 0 Å². The third-order valence-corrected chi connectivity index (χ3v) is 3.35. The van der Waals surface area contributed by atoms with E-state index in [1.165, 1.54) is 17.1 Å². The number of hydrogen-bond donors (Lipinski definition) is 0. The molecule has 2 aromatic rings. The first-order valence-electron chi connectivity index (χ1n) is 4.81. The van der Waals surface area contributed by atoms with Gasteiger partial charge in [0.05, 0.1) is 11.9 Å². The molecule has 0 unspecified atom stereocenters. The van der Waals surface area contributed by atoms with Crippen molar-refractivity contribution in [2.75, 3.05) is 6.26 Å². The molecule has 0 atom stereocenters. The van der Waals surface area contributed by atoms with Gasteiger partial charge in [0.1, 0.15) is 11.2 Å². The maximum absolute atomic E-state index is 11.3. The second-order valence-electron chi connectivity index (χ2n) is 3.60. The summed E-state index contributed by atoms with van der Waals surface area (Å²) in [5.74, 6) is 0. The number of hydrogen-bond acceptors (Lipinski definition) is 4. The lowest BCUT2D eigenvalue weighted by atomic mass is 10.2. The van der Waals surface area contributed by atoms with Gasteiger partial charge in [-0.25, -0.2) is 13.1 Å². The van der Waals surface area contributed by atoms with Crippen LogP contribution in [-0.2, 0) is 9.84 Å². The molecule has 1 aromatic carbocycles. The van der Waals surface area contributed by atoms with Gasteiger partial charge >= 0.3 is 0 Å². The molecule has 0 bridgehead atoms. The molecule has 2 rings (SSSR count). The van der Waals surface area contributed by atoms with Crippen LogP contribution in [0.2, 0.25) is 0 Å². The molecule has 17 heavy (non-hydrogen) atoms. The molecular formula is C11H10N2O3S. The average Bonchev–Trinajstić information content (AvgIpc) is 2.78. The summed E-state index contributed by atoms with van der Waals surface area (Å²) in [7, 11) is -3.24. The van der Waals surface area contributed by atoms with Gasteiger partial charge in [0.15, 0.2) is 9.84 Å². The fourth-order valence-corrected chi connectivity index (χ4v) is 1.87. The molecule has 0 N–H and O–H groups in total. The topological polar surface area (TPSA) is 69.0 Å². The Kier molecular flexibility index (Phi) is 2.81. The van der Waals surface area contributed by atoms with Gasteiger partial charge in [-0.05, 0) is 24.3 Å². The fourth-order valence-electron chi connectivity index (χ4n) is 1.34. The molecule has 0 aliphatic heterocycles. The SMILES string of the molecule is CS(=O)(=O)c1cnn(-c2ccc(C=O)cc2)c1. The largest absolute Gasteiger partial charge is 0.298 e. The highest BCUT2D eigenvalue weighted by Crippen LogP contribution is 2.12. The summed E-state index contributed by atoms with van der Waals surface area (Å²) in [6.45, 7) is 0. The highest BCUT2D eigenvalue weighted by molar-refractivity contribution is 7.90. The van der Waals surface area contributed by atoms with Crippen molar-refractivity contribution in [3.8, 4) is 5.69 Å². The van der Waals surface area contributed by atoms with Crippen LogP contribution in [0.3, 0.4) is 0 Å². The summed E-state index contributed by atoms with van der Waals surface area (Å²) >= 11 is 0. The highest BCUT2D eigenvalue weighted by Gasteiger charge is 2.10. The molecule has 5 nitrogen and oxygen atoms in total. The number of sulfone groups is 1. The van der Waals surface area contributed by atoms with Gasteiger partial charge in [-0.2, -0.15) is 5.10 Å². The highest BCUT2D eigenvalue weighted by atomic mass is 32.2. The predicted molar refractivity (Wildman–Crippen MR) is 62.1 cm³/mol. The van der Waals surface area contributed by atoms with Crippen molar-refractivity contribution >= 4 is 16.1 Å². The van der Waals surface area contributed by atoms with Crippen molar-refractivity contribution in [1.82, 2.24) is 9.78 Å². The first kappa shape index (κ1) is 11.5. The van der Waals surface area contributed by atoms with E-state index in [9.17, 15) is 13.2 Å². The molecular weight excluding hydrogens is 240 g/mol. The monoisotopic (exact) mass is 250 g/mol. The quantitative estimate of drug-likeness (QED) is 0.764. The van der Waals surface area contributed by atoms with Gasteiger partial charge in [-0.15, -0.1) is 0 Å². The lowest BCUT2D eigenvalue weighted by Crippen LogP contribution is -1.96. The third-order valence-electron chi connectivity index (χ3n) is 2.28. The zero-order chi connectivity index (χ0) is 12.5. The molecule has 0 aliphatic carbocycles. The van der Waals surface area contributed by atoms with E-state index < -0.39 is 9.84 Å². The van der Waals surface area contributed by atoms with Crippen LogP contribution in [0.1, 0.15) is 10.4 Å². The van der Waals surface area contributed by atoms with Gasteiger partial charge < -0.3 is 0 Å². The molecule has 0 saturated carbocycles. The van der Waals surface area contributed by atoms with Crippen molar-refractivity contribution < 1.29 is 13.2 Å². The Morgan fingerprint density at radius 1 is 1.24 bits per heavy atom. The summed E-state index contributed by atoms with van der Waals surface area (Å²) in [6.07, 6.45) is 4.60. The van der Waals surface area contributed by atoms with E-state index in [1.807, 2.05) is 0 Å². The summed E-state index contributed by atoms with van der Waals surface area (Å²) in [4.78, 5) is 10.7. The molecule has 0 spiro atoms. The third kappa shape index (κ3) is 2.42.